The average Bonchev–Trinajstić information content (AvgIpc) is 3.06. The second kappa shape index (κ2) is 7.07. The smallest absolute Gasteiger partial charge is 0.338 e. The molecule has 1 aromatic heterocycles. The molecule has 0 radical (unpaired) electrons. The fraction of sp³-hybridized carbons (Fsp3) is 0.105. The molecule has 0 saturated carbocycles. The first-order valence-corrected chi connectivity index (χ1v) is 7.70. The Morgan fingerprint density at radius 2 is 2.12 bits per heavy atom. The molecule has 130 valence electrons. The molecule has 26 heavy (non-hydrogen) atoms. The van der Waals surface area contributed by atoms with E-state index < -0.39 is 24.2 Å². The normalized spacial score (nSPS) is 11.7. The SMILES string of the molecule is Cc1ccc(C(=O)OC/C(O)=C(\C#N)c2nc3ccccc3[nH]2)cc1F. The number of aliphatic hydroxyl groups is 1. The van der Waals surface area contributed by atoms with E-state index in [1.807, 2.05) is 12.1 Å². The number of aliphatic hydroxyl groups excluding tert-OH is 1. The predicted octanol–water partition coefficient (Wildman–Crippen LogP) is 3.66. The fourth-order valence-corrected chi connectivity index (χ4v) is 2.33. The lowest BCUT2D eigenvalue weighted by atomic mass is 10.1. The quantitative estimate of drug-likeness (QED) is 0.424. The van der Waals surface area contributed by atoms with Gasteiger partial charge in [0.1, 0.15) is 24.1 Å². The maximum absolute atomic E-state index is 13.5. The highest BCUT2D eigenvalue weighted by Crippen LogP contribution is 2.19. The number of carbonyl (C=O) groups is 1. The summed E-state index contributed by atoms with van der Waals surface area (Å²) in [6, 6.07) is 12.9. The number of fused-ring (bicyclic) bond motifs is 1. The van der Waals surface area contributed by atoms with E-state index in [0.29, 0.717) is 16.6 Å². The zero-order chi connectivity index (χ0) is 18.7. The molecule has 7 heteroatoms. The summed E-state index contributed by atoms with van der Waals surface area (Å²) in [5.41, 5.74) is 1.62. The third-order valence-corrected chi connectivity index (χ3v) is 3.77. The largest absolute Gasteiger partial charge is 0.507 e. The summed E-state index contributed by atoms with van der Waals surface area (Å²) < 4.78 is 18.5. The molecular formula is C19H14FN3O3. The Kier molecular flexibility index (Phi) is 4.67. The van der Waals surface area contributed by atoms with E-state index in [0.717, 1.165) is 6.07 Å². The van der Waals surface area contributed by atoms with E-state index in [4.69, 9.17) is 4.74 Å². The molecule has 0 aliphatic heterocycles. The standard InChI is InChI=1S/C19H14FN3O3/c1-11-6-7-12(8-14(11)20)19(25)26-10-17(24)13(9-21)18-22-15-4-2-3-5-16(15)23-18/h2-8,24H,10H2,1H3,(H,22,23)/b17-13-. The van der Waals surface area contributed by atoms with Gasteiger partial charge in [0.15, 0.2) is 11.6 Å². The minimum atomic E-state index is -0.808. The van der Waals surface area contributed by atoms with E-state index in [9.17, 15) is 19.6 Å². The molecule has 2 N–H and O–H groups in total. The van der Waals surface area contributed by atoms with Crippen LogP contribution in [0.2, 0.25) is 0 Å². The molecule has 0 aliphatic carbocycles. The number of nitrogens with zero attached hydrogens (tertiary/aromatic N) is 2. The van der Waals surface area contributed by atoms with Crippen molar-refractivity contribution in [2.45, 2.75) is 6.92 Å². The summed E-state index contributed by atoms with van der Waals surface area (Å²) in [5.74, 6) is -1.62. The van der Waals surface area contributed by atoms with E-state index in [1.54, 1.807) is 25.1 Å². The molecule has 0 spiro atoms. The van der Waals surface area contributed by atoms with Crippen LogP contribution in [0.4, 0.5) is 4.39 Å². The topological polar surface area (TPSA) is 99.0 Å². The third kappa shape index (κ3) is 3.39. The van der Waals surface area contributed by atoms with Crippen molar-refractivity contribution in [1.29, 1.82) is 5.26 Å². The van der Waals surface area contributed by atoms with Crippen LogP contribution in [0.15, 0.2) is 48.2 Å². The number of rotatable bonds is 4. The molecule has 0 bridgehead atoms. The number of esters is 1. The Balaban J connectivity index is 1.79. The summed E-state index contributed by atoms with van der Waals surface area (Å²) in [6.07, 6.45) is 0. The number of nitrogens with one attached hydrogen (secondary N) is 1. The van der Waals surface area contributed by atoms with Gasteiger partial charge in [0.2, 0.25) is 0 Å². The van der Waals surface area contributed by atoms with Crippen LogP contribution in [0.5, 0.6) is 0 Å². The minimum Gasteiger partial charge on any atom is -0.507 e. The van der Waals surface area contributed by atoms with Gasteiger partial charge in [-0.05, 0) is 36.8 Å². The van der Waals surface area contributed by atoms with Crippen LogP contribution in [0.3, 0.4) is 0 Å². The van der Waals surface area contributed by atoms with Crippen LogP contribution in [0, 0.1) is 24.1 Å². The number of halogens is 1. The molecule has 2 aromatic carbocycles. The highest BCUT2D eigenvalue weighted by atomic mass is 19.1. The summed E-state index contributed by atoms with van der Waals surface area (Å²) in [4.78, 5) is 19.1. The first kappa shape index (κ1) is 17.2. The average molecular weight is 351 g/mol. The minimum absolute atomic E-state index is 0.0168. The number of benzene rings is 2. The fourth-order valence-electron chi connectivity index (χ4n) is 2.33. The van der Waals surface area contributed by atoms with Crippen molar-refractivity contribution < 1.29 is 19.0 Å². The maximum Gasteiger partial charge on any atom is 0.338 e. The zero-order valence-electron chi connectivity index (χ0n) is 13.8. The Morgan fingerprint density at radius 1 is 1.35 bits per heavy atom. The van der Waals surface area contributed by atoms with Crippen molar-refractivity contribution in [3.05, 3.63) is 71.0 Å². The summed E-state index contributed by atoms with van der Waals surface area (Å²) in [7, 11) is 0. The van der Waals surface area contributed by atoms with Crippen LogP contribution >= 0.6 is 0 Å². The molecule has 3 aromatic rings. The second-order valence-corrected chi connectivity index (χ2v) is 5.58. The molecule has 0 amide bonds. The van der Waals surface area contributed by atoms with Gasteiger partial charge in [-0.2, -0.15) is 5.26 Å². The predicted molar refractivity (Wildman–Crippen MR) is 92.7 cm³/mol. The lowest BCUT2D eigenvalue weighted by Crippen LogP contribution is -2.10. The molecule has 6 nitrogen and oxygen atoms in total. The molecular weight excluding hydrogens is 337 g/mol. The Bertz CT molecular complexity index is 1030. The number of hydrogen-bond donors (Lipinski definition) is 2. The van der Waals surface area contributed by atoms with Gasteiger partial charge in [-0.15, -0.1) is 0 Å². The van der Waals surface area contributed by atoms with Gasteiger partial charge in [0.25, 0.3) is 0 Å². The Morgan fingerprint density at radius 3 is 2.81 bits per heavy atom. The number of aryl methyl sites for hydroxylation is 1. The number of H-pyrrole nitrogens is 1. The molecule has 3 rings (SSSR count). The van der Waals surface area contributed by atoms with Crippen molar-refractivity contribution in [1.82, 2.24) is 9.97 Å². The summed E-state index contributed by atoms with van der Waals surface area (Å²) >= 11 is 0. The lowest BCUT2D eigenvalue weighted by Gasteiger charge is -2.06. The maximum atomic E-state index is 13.5. The molecule has 0 unspecified atom stereocenters. The molecule has 0 fully saturated rings. The zero-order valence-corrected chi connectivity index (χ0v) is 13.8. The van der Waals surface area contributed by atoms with Crippen LogP contribution in [-0.2, 0) is 4.74 Å². The van der Waals surface area contributed by atoms with Crippen molar-refractivity contribution in [3.8, 4) is 6.07 Å². The Hall–Kier alpha value is -3.66. The third-order valence-electron chi connectivity index (χ3n) is 3.77. The van der Waals surface area contributed by atoms with Gasteiger partial charge < -0.3 is 14.8 Å². The van der Waals surface area contributed by atoms with Crippen LogP contribution in [0.1, 0.15) is 21.7 Å². The number of imidazole rings is 1. The van der Waals surface area contributed by atoms with Crippen molar-refractivity contribution >= 4 is 22.6 Å². The highest BCUT2D eigenvalue weighted by molar-refractivity contribution is 5.90. The van der Waals surface area contributed by atoms with Crippen molar-refractivity contribution in [2.75, 3.05) is 6.61 Å². The van der Waals surface area contributed by atoms with Crippen LogP contribution < -0.4 is 0 Å². The number of ether oxygens (including phenoxy) is 1. The Labute approximate surface area is 148 Å². The van der Waals surface area contributed by atoms with Gasteiger partial charge >= 0.3 is 5.97 Å². The first-order valence-electron chi connectivity index (χ1n) is 7.70. The van der Waals surface area contributed by atoms with E-state index in [-0.39, 0.29) is 17.0 Å². The van der Waals surface area contributed by atoms with Crippen LogP contribution in [0.25, 0.3) is 16.6 Å². The van der Waals surface area contributed by atoms with Gasteiger partial charge in [0.05, 0.1) is 16.6 Å². The second-order valence-electron chi connectivity index (χ2n) is 5.58. The van der Waals surface area contributed by atoms with Gasteiger partial charge in [0, 0.05) is 0 Å². The number of allylic oxidation sites excluding steroid dienone is 1. The molecule has 0 aliphatic rings. The molecule has 0 atom stereocenters. The monoisotopic (exact) mass is 351 g/mol. The number of para-hydroxylation sites is 2. The van der Waals surface area contributed by atoms with Crippen molar-refractivity contribution in [3.63, 3.8) is 0 Å². The van der Waals surface area contributed by atoms with Gasteiger partial charge in [-0.3, -0.25) is 0 Å². The van der Waals surface area contributed by atoms with Crippen molar-refractivity contribution in [2.24, 2.45) is 0 Å². The summed E-state index contributed by atoms with van der Waals surface area (Å²) in [6.45, 7) is 1.04. The van der Waals surface area contributed by atoms with Gasteiger partial charge in [-0.1, -0.05) is 18.2 Å². The lowest BCUT2D eigenvalue weighted by molar-refractivity contribution is 0.0502. The van der Waals surface area contributed by atoms with Gasteiger partial charge in [-0.25, -0.2) is 14.2 Å². The number of hydrogen-bond acceptors (Lipinski definition) is 5. The number of aromatic nitrogens is 2. The number of carbonyl (C=O) groups excluding carboxylic acids is 1. The first-order chi connectivity index (χ1) is 12.5. The van der Waals surface area contributed by atoms with E-state index in [2.05, 4.69) is 9.97 Å². The highest BCUT2D eigenvalue weighted by Gasteiger charge is 2.16. The summed E-state index contributed by atoms with van der Waals surface area (Å²) in [5, 5.41) is 19.4. The number of nitriles is 1. The van der Waals surface area contributed by atoms with Crippen LogP contribution in [-0.4, -0.2) is 27.7 Å². The van der Waals surface area contributed by atoms with E-state index >= 15 is 0 Å². The molecule has 1 heterocycles. The number of aromatic amines is 1. The molecule has 0 saturated heterocycles. The van der Waals surface area contributed by atoms with E-state index in [1.165, 1.54) is 12.1 Å².